The Morgan fingerprint density at radius 2 is 2.05 bits per heavy atom. The molecule has 0 aliphatic carbocycles. The summed E-state index contributed by atoms with van der Waals surface area (Å²) in [6.45, 7) is 10.5. The van der Waals surface area contributed by atoms with Gasteiger partial charge in [0.05, 0.1) is 5.69 Å². The third kappa shape index (κ3) is 5.17. The molecule has 1 heterocycles. The van der Waals surface area contributed by atoms with Gasteiger partial charge in [-0.2, -0.15) is 0 Å². The molecule has 1 rings (SSSR count). The van der Waals surface area contributed by atoms with Crippen molar-refractivity contribution in [3.63, 3.8) is 0 Å². The molecule has 0 radical (unpaired) electrons. The molecule has 0 fully saturated rings. The fourth-order valence-electron chi connectivity index (χ4n) is 1.63. The number of aryl methyl sites for hydroxylation is 1. The summed E-state index contributed by atoms with van der Waals surface area (Å²) in [5.74, 6) is 0.490. The van der Waals surface area contributed by atoms with E-state index in [0.717, 1.165) is 11.4 Å². The molecule has 5 nitrogen and oxygen atoms in total. The van der Waals surface area contributed by atoms with Gasteiger partial charge in [-0.25, -0.2) is 0 Å². The van der Waals surface area contributed by atoms with Gasteiger partial charge in [0.15, 0.2) is 6.10 Å². The number of carbonyl (C=O) groups is 1. The lowest BCUT2D eigenvalue weighted by Gasteiger charge is -2.22. The molecule has 0 spiro atoms. The van der Waals surface area contributed by atoms with E-state index < -0.39 is 6.10 Å². The summed E-state index contributed by atoms with van der Waals surface area (Å²) in [6, 6.07) is 3.74. The minimum Gasteiger partial charge on any atom is -0.479 e. The van der Waals surface area contributed by atoms with E-state index in [1.54, 1.807) is 14.0 Å². The lowest BCUT2D eigenvalue weighted by molar-refractivity contribution is -0.126. The lowest BCUT2D eigenvalue weighted by atomic mass is 10.1. The van der Waals surface area contributed by atoms with Crippen LogP contribution in [0.5, 0.6) is 5.75 Å². The van der Waals surface area contributed by atoms with Gasteiger partial charge in [0, 0.05) is 24.8 Å². The van der Waals surface area contributed by atoms with Crippen LogP contribution in [0.1, 0.15) is 39.1 Å². The maximum Gasteiger partial charge on any atom is 0.260 e. The normalized spacial score (nSPS) is 12.9. The van der Waals surface area contributed by atoms with E-state index in [2.05, 4.69) is 36.4 Å². The van der Waals surface area contributed by atoms with Crippen LogP contribution in [0.3, 0.4) is 0 Å². The molecule has 1 amide bonds. The summed E-state index contributed by atoms with van der Waals surface area (Å²) in [6.07, 6.45) is -0.544. The summed E-state index contributed by atoms with van der Waals surface area (Å²) in [5.41, 5.74) is 1.74. The van der Waals surface area contributed by atoms with Crippen molar-refractivity contribution in [2.45, 2.75) is 52.8 Å². The van der Waals surface area contributed by atoms with Crippen LogP contribution in [0.2, 0.25) is 0 Å². The van der Waals surface area contributed by atoms with Gasteiger partial charge >= 0.3 is 0 Å². The van der Waals surface area contributed by atoms with E-state index in [0.29, 0.717) is 12.3 Å². The Morgan fingerprint density at radius 3 is 2.60 bits per heavy atom. The lowest BCUT2D eigenvalue weighted by Crippen LogP contribution is -2.36. The Kier molecular flexibility index (Phi) is 5.51. The molecule has 5 heteroatoms. The summed E-state index contributed by atoms with van der Waals surface area (Å²) in [4.78, 5) is 16.0. The number of ether oxygens (including phenoxy) is 1. The van der Waals surface area contributed by atoms with Gasteiger partial charge in [-0.15, -0.1) is 0 Å². The van der Waals surface area contributed by atoms with Crippen LogP contribution in [0.25, 0.3) is 0 Å². The van der Waals surface area contributed by atoms with Crippen LogP contribution >= 0.6 is 0 Å². The number of amides is 1. The Hall–Kier alpha value is -1.62. The van der Waals surface area contributed by atoms with E-state index in [1.807, 2.05) is 19.1 Å². The van der Waals surface area contributed by atoms with Gasteiger partial charge in [-0.05, 0) is 46.8 Å². The maximum atomic E-state index is 11.5. The number of rotatable bonds is 5. The Balaban J connectivity index is 2.87. The summed E-state index contributed by atoms with van der Waals surface area (Å²) in [5, 5.41) is 5.95. The van der Waals surface area contributed by atoms with E-state index in [-0.39, 0.29) is 11.4 Å². The first-order valence-corrected chi connectivity index (χ1v) is 6.82. The number of nitrogens with zero attached hydrogens (tertiary/aromatic N) is 1. The zero-order valence-electron chi connectivity index (χ0n) is 13.2. The van der Waals surface area contributed by atoms with Gasteiger partial charge in [-0.1, -0.05) is 0 Å². The highest BCUT2D eigenvalue weighted by atomic mass is 16.5. The van der Waals surface area contributed by atoms with Crippen molar-refractivity contribution in [1.82, 2.24) is 15.6 Å². The van der Waals surface area contributed by atoms with Gasteiger partial charge in [0.2, 0.25) is 0 Å². The van der Waals surface area contributed by atoms with Gasteiger partial charge in [0.25, 0.3) is 5.91 Å². The number of aromatic nitrogens is 1. The highest BCUT2D eigenvalue weighted by Gasteiger charge is 2.17. The molecule has 0 aromatic carbocycles. The topological polar surface area (TPSA) is 63.2 Å². The first-order chi connectivity index (χ1) is 9.23. The first-order valence-electron chi connectivity index (χ1n) is 6.82. The smallest absolute Gasteiger partial charge is 0.260 e. The third-order valence-corrected chi connectivity index (χ3v) is 2.78. The molecule has 0 aliphatic heterocycles. The largest absolute Gasteiger partial charge is 0.479 e. The molecule has 0 bridgehead atoms. The quantitative estimate of drug-likeness (QED) is 0.862. The summed E-state index contributed by atoms with van der Waals surface area (Å²) >= 11 is 0. The molecule has 2 N–H and O–H groups in total. The van der Waals surface area contributed by atoms with Crippen molar-refractivity contribution in [1.29, 1.82) is 0 Å². The van der Waals surface area contributed by atoms with E-state index >= 15 is 0 Å². The molecule has 1 atom stereocenters. The molecule has 0 saturated carbocycles. The molecular formula is C15H25N3O2. The van der Waals surface area contributed by atoms with E-state index in [1.165, 1.54) is 0 Å². The fraction of sp³-hybridized carbons (Fsp3) is 0.600. The van der Waals surface area contributed by atoms with Crippen LogP contribution in [0.4, 0.5) is 0 Å². The van der Waals surface area contributed by atoms with Gasteiger partial charge in [-0.3, -0.25) is 9.78 Å². The van der Waals surface area contributed by atoms with Gasteiger partial charge in [0.1, 0.15) is 5.75 Å². The second-order valence-corrected chi connectivity index (χ2v) is 5.88. The first kappa shape index (κ1) is 16.4. The Morgan fingerprint density at radius 1 is 1.40 bits per heavy atom. The number of hydrogen-bond acceptors (Lipinski definition) is 4. The molecule has 0 aliphatic rings. The van der Waals surface area contributed by atoms with Crippen molar-refractivity contribution in [3.05, 3.63) is 23.5 Å². The number of carbonyl (C=O) groups excluding carboxylic acids is 1. The van der Waals surface area contributed by atoms with Crippen molar-refractivity contribution in [2.24, 2.45) is 0 Å². The van der Waals surface area contributed by atoms with E-state index in [9.17, 15) is 4.79 Å². The number of likely N-dealkylation sites (N-methyl/N-ethyl adjacent to an activating group) is 1. The molecule has 0 saturated heterocycles. The predicted molar refractivity (Wildman–Crippen MR) is 79.7 cm³/mol. The summed E-state index contributed by atoms with van der Waals surface area (Å²) < 4.78 is 5.70. The predicted octanol–water partition coefficient (Wildman–Crippen LogP) is 1.79. The highest BCUT2D eigenvalue weighted by Crippen LogP contribution is 2.19. The average molecular weight is 279 g/mol. The highest BCUT2D eigenvalue weighted by molar-refractivity contribution is 5.80. The zero-order chi connectivity index (χ0) is 15.3. The molecular weight excluding hydrogens is 254 g/mol. The van der Waals surface area contributed by atoms with Crippen molar-refractivity contribution in [2.75, 3.05) is 7.05 Å². The Labute approximate surface area is 121 Å². The molecule has 112 valence electrons. The Bertz CT molecular complexity index is 467. The fourth-order valence-corrected chi connectivity index (χ4v) is 1.63. The average Bonchev–Trinajstić information content (AvgIpc) is 2.36. The molecule has 1 unspecified atom stereocenters. The van der Waals surface area contributed by atoms with Crippen molar-refractivity contribution in [3.8, 4) is 5.75 Å². The number of nitrogens with one attached hydrogen (secondary N) is 2. The molecule has 1 aromatic heterocycles. The van der Waals surface area contributed by atoms with Crippen LogP contribution in [-0.4, -0.2) is 29.6 Å². The van der Waals surface area contributed by atoms with Crippen LogP contribution in [-0.2, 0) is 11.3 Å². The minimum atomic E-state index is -0.544. The standard InChI is InChI=1S/C15H25N3O2/c1-10-7-8-13(20-11(2)14(19)16-6)12(18-10)9-17-15(3,4)5/h7-8,11,17H,9H2,1-6H3,(H,16,19). The number of hydrogen-bond donors (Lipinski definition) is 2. The van der Waals surface area contributed by atoms with Crippen LogP contribution in [0, 0.1) is 6.92 Å². The SMILES string of the molecule is CNC(=O)C(C)Oc1ccc(C)nc1CNC(C)(C)C. The van der Waals surface area contributed by atoms with Crippen molar-refractivity contribution < 1.29 is 9.53 Å². The van der Waals surface area contributed by atoms with E-state index in [4.69, 9.17) is 4.74 Å². The second-order valence-electron chi connectivity index (χ2n) is 5.88. The van der Waals surface area contributed by atoms with Crippen molar-refractivity contribution >= 4 is 5.91 Å². The molecule has 1 aromatic rings. The maximum absolute atomic E-state index is 11.5. The second kappa shape index (κ2) is 6.70. The number of pyridine rings is 1. The van der Waals surface area contributed by atoms with Crippen LogP contribution < -0.4 is 15.4 Å². The third-order valence-electron chi connectivity index (χ3n) is 2.78. The van der Waals surface area contributed by atoms with Crippen LogP contribution in [0.15, 0.2) is 12.1 Å². The minimum absolute atomic E-state index is 0.00486. The monoisotopic (exact) mass is 279 g/mol. The van der Waals surface area contributed by atoms with Gasteiger partial charge < -0.3 is 15.4 Å². The molecule has 20 heavy (non-hydrogen) atoms. The zero-order valence-corrected chi connectivity index (χ0v) is 13.2. The summed E-state index contributed by atoms with van der Waals surface area (Å²) in [7, 11) is 1.59.